The molecule has 2 aromatic carbocycles. The van der Waals surface area contributed by atoms with Crippen LogP contribution in [0.2, 0.25) is 0 Å². The van der Waals surface area contributed by atoms with Gasteiger partial charge < -0.3 is 10.2 Å². The average Bonchev–Trinajstić information content (AvgIpc) is 3.58. The fourth-order valence-electron chi connectivity index (χ4n) is 6.00. The van der Waals surface area contributed by atoms with E-state index in [2.05, 4.69) is 25.3 Å². The predicted octanol–water partition coefficient (Wildman–Crippen LogP) is 5.90. The number of fused-ring (bicyclic) bond motifs is 4. The average molecular weight is 582 g/mol. The largest absolute Gasteiger partial charge is 0.340 e. The van der Waals surface area contributed by atoms with Gasteiger partial charge in [0, 0.05) is 35.1 Å². The SMILES string of the molecule is O=C(C=CCN1CCCCC1)N1CCc2c(sc3ncnc(Nc4ccc5c(cnn5Cc5cccc(F)c5)c4)c23)C1. The number of anilines is 2. The maximum absolute atomic E-state index is 13.7. The summed E-state index contributed by atoms with van der Waals surface area (Å²) in [6.07, 6.45) is 11.8. The van der Waals surface area contributed by atoms with E-state index in [1.807, 2.05) is 46.1 Å². The number of aromatic nitrogens is 4. The molecule has 5 heterocycles. The Morgan fingerprint density at radius 3 is 2.86 bits per heavy atom. The fraction of sp³-hybridized carbons (Fsp3) is 0.312. The highest BCUT2D eigenvalue weighted by Crippen LogP contribution is 2.38. The third-order valence-electron chi connectivity index (χ3n) is 8.15. The van der Waals surface area contributed by atoms with Crippen molar-refractivity contribution in [3.8, 4) is 0 Å². The van der Waals surface area contributed by atoms with Crippen molar-refractivity contribution in [3.05, 3.63) is 89.0 Å². The van der Waals surface area contributed by atoms with Crippen LogP contribution in [0.25, 0.3) is 21.1 Å². The summed E-state index contributed by atoms with van der Waals surface area (Å²) in [7, 11) is 0. The lowest BCUT2D eigenvalue weighted by atomic mass is 10.0. The molecule has 2 aliphatic rings. The van der Waals surface area contributed by atoms with E-state index in [1.54, 1.807) is 29.8 Å². The minimum Gasteiger partial charge on any atom is -0.340 e. The van der Waals surface area contributed by atoms with Crippen LogP contribution in [-0.2, 0) is 24.3 Å². The summed E-state index contributed by atoms with van der Waals surface area (Å²) in [4.78, 5) is 28.6. The zero-order chi connectivity index (χ0) is 28.5. The Bertz CT molecular complexity index is 1790. The van der Waals surface area contributed by atoms with Gasteiger partial charge in [-0.15, -0.1) is 11.3 Å². The number of likely N-dealkylation sites (tertiary alicyclic amines) is 1. The molecule has 1 fully saturated rings. The number of hydrogen-bond acceptors (Lipinski definition) is 7. The second-order valence-corrected chi connectivity index (χ2v) is 12.1. The molecule has 214 valence electrons. The van der Waals surface area contributed by atoms with Crippen LogP contribution in [0, 0.1) is 5.82 Å². The number of amides is 1. The number of thiophene rings is 1. The Balaban J connectivity index is 1.07. The van der Waals surface area contributed by atoms with Gasteiger partial charge in [-0.25, -0.2) is 14.4 Å². The molecule has 10 heteroatoms. The van der Waals surface area contributed by atoms with Crippen LogP contribution in [0.3, 0.4) is 0 Å². The van der Waals surface area contributed by atoms with Crippen molar-refractivity contribution in [2.45, 2.75) is 38.8 Å². The second kappa shape index (κ2) is 11.6. The number of nitrogens with one attached hydrogen (secondary N) is 1. The molecule has 7 rings (SSSR count). The number of halogens is 1. The van der Waals surface area contributed by atoms with Crippen molar-refractivity contribution in [1.29, 1.82) is 0 Å². The normalized spacial score (nSPS) is 16.0. The summed E-state index contributed by atoms with van der Waals surface area (Å²) in [5, 5.41) is 10.1. The number of benzene rings is 2. The summed E-state index contributed by atoms with van der Waals surface area (Å²) < 4.78 is 15.5. The first kappa shape index (κ1) is 26.7. The molecule has 0 bridgehead atoms. The summed E-state index contributed by atoms with van der Waals surface area (Å²) in [6.45, 7) is 4.86. The lowest BCUT2D eigenvalue weighted by molar-refractivity contribution is -0.126. The second-order valence-electron chi connectivity index (χ2n) is 11.0. The molecule has 0 atom stereocenters. The van der Waals surface area contributed by atoms with Crippen molar-refractivity contribution in [2.24, 2.45) is 0 Å². The fourth-order valence-corrected chi connectivity index (χ4v) is 7.20. The summed E-state index contributed by atoms with van der Waals surface area (Å²) in [5.74, 6) is 0.595. The number of nitrogens with zero attached hydrogens (tertiary/aromatic N) is 6. The molecule has 2 aliphatic heterocycles. The Labute approximate surface area is 247 Å². The zero-order valence-corrected chi connectivity index (χ0v) is 24.1. The van der Waals surface area contributed by atoms with Crippen LogP contribution in [0.5, 0.6) is 0 Å². The van der Waals surface area contributed by atoms with Crippen molar-refractivity contribution in [3.63, 3.8) is 0 Å². The molecule has 1 saturated heterocycles. The molecule has 0 radical (unpaired) electrons. The van der Waals surface area contributed by atoms with Gasteiger partial charge >= 0.3 is 0 Å². The Morgan fingerprint density at radius 1 is 1.07 bits per heavy atom. The van der Waals surface area contributed by atoms with Crippen LogP contribution >= 0.6 is 11.3 Å². The summed E-state index contributed by atoms with van der Waals surface area (Å²) in [5.41, 5.74) is 3.96. The van der Waals surface area contributed by atoms with Crippen LogP contribution in [-0.4, -0.2) is 61.6 Å². The number of carbonyl (C=O) groups excluding carboxylic acids is 1. The lowest BCUT2D eigenvalue weighted by Crippen LogP contribution is -2.34. The van der Waals surface area contributed by atoms with Gasteiger partial charge in [-0.3, -0.25) is 14.4 Å². The number of hydrogen-bond donors (Lipinski definition) is 1. The number of piperidine rings is 1. The molecular formula is C32H32FN7OS. The standard InChI is InChI=1S/C32H32FN7OS/c33-24-7-4-6-22(16-24)19-40-27-10-9-25(17-23(27)18-36-40)37-31-30-26-11-15-39(20-28(26)42-32(30)35-21-34-31)29(41)8-5-14-38-12-2-1-3-13-38/h4-10,16-18,21H,1-3,11-15,19-20H2,(H,34,35,37). The first-order valence-corrected chi connectivity index (χ1v) is 15.3. The molecule has 0 aliphatic carbocycles. The van der Waals surface area contributed by atoms with E-state index in [0.717, 1.165) is 64.2 Å². The number of rotatable bonds is 7. The molecule has 8 nitrogen and oxygen atoms in total. The van der Waals surface area contributed by atoms with Crippen LogP contribution in [0.15, 0.2) is 67.1 Å². The van der Waals surface area contributed by atoms with Gasteiger partial charge in [-0.1, -0.05) is 24.6 Å². The monoisotopic (exact) mass is 581 g/mol. The van der Waals surface area contributed by atoms with Crippen LogP contribution in [0.4, 0.5) is 15.9 Å². The molecular weight excluding hydrogens is 549 g/mol. The van der Waals surface area contributed by atoms with E-state index in [1.165, 1.54) is 41.8 Å². The van der Waals surface area contributed by atoms with Gasteiger partial charge in [-0.05, 0) is 73.8 Å². The van der Waals surface area contributed by atoms with Crippen molar-refractivity contribution in [1.82, 2.24) is 29.5 Å². The summed E-state index contributed by atoms with van der Waals surface area (Å²) >= 11 is 1.64. The first-order valence-electron chi connectivity index (χ1n) is 14.5. The van der Waals surface area contributed by atoms with Crippen molar-refractivity contribution in [2.75, 3.05) is 31.5 Å². The Kier molecular flexibility index (Phi) is 7.39. The van der Waals surface area contributed by atoms with E-state index in [0.29, 0.717) is 19.6 Å². The highest BCUT2D eigenvalue weighted by Gasteiger charge is 2.25. The minimum atomic E-state index is -0.249. The van der Waals surface area contributed by atoms with Gasteiger partial charge in [0.1, 0.15) is 22.8 Å². The molecule has 0 unspecified atom stereocenters. The van der Waals surface area contributed by atoms with E-state index in [4.69, 9.17) is 0 Å². The third-order valence-corrected chi connectivity index (χ3v) is 9.27. The lowest BCUT2D eigenvalue weighted by Gasteiger charge is -2.27. The van der Waals surface area contributed by atoms with E-state index < -0.39 is 0 Å². The topological polar surface area (TPSA) is 79.2 Å². The summed E-state index contributed by atoms with van der Waals surface area (Å²) in [6, 6.07) is 12.7. The number of carbonyl (C=O) groups is 1. The molecule has 0 spiro atoms. The third kappa shape index (κ3) is 5.52. The quantitative estimate of drug-likeness (QED) is 0.241. The highest BCUT2D eigenvalue weighted by atomic mass is 32.1. The smallest absolute Gasteiger partial charge is 0.246 e. The first-order chi connectivity index (χ1) is 20.6. The molecule has 5 aromatic rings. The minimum absolute atomic E-state index is 0.0748. The van der Waals surface area contributed by atoms with Crippen LogP contribution < -0.4 is 5.32 Å². The molecule has 1 N–H and O–H groups in total. The van der Waals surface area contributed by atoms with Gasteiger partial charge in [-0.2, -0.15) is 5.10 Å². The molecule has 1 amide bonds. The van der Waals surface area contributed by atoms with Crippen LogP contribution in [0.1, 0.15) is 35.3 Å². The van der Waals surface area contributed by atoms with E-state index in [9.17, 15) is 9.18 Å². The van der Waals surface area contributed by atoms with Gasteiger partial charge in [0.25, 0.3) is 0 Å². The molecule has 42 heavy (non-hydrogen) atoms. The Morgan fingerprint density at radius 2 is 1.98 bits per heavy atom. The van der Waals surface area contributed by atoms with Gasteiger partial charge in [0.05, 0.1) is 30.2 Å². The zero-order valence-electron chi connectivity index (χ0n) is 23.3. The molecule has 3 aromatic heterocycles. The van der Waals surface area contributed by atoms with Crippen molar-refractivity contribution < 1.29 is 9.18 Å². The van der Waals surface area contributed by atoms with Gasteiger partial charge in [0.2, 0.25) is 5.91 Å². The van der Waals surface area contributed by atoms with E-state index >= 15 is 0 Å². The molecule has 0 saturated carbocycles. The van der Waals surface area contributed by atoms with Gasteiger partial charge in [0.15, 0.2) is 0 Å². The maximum atomic E-state index is 13.7. The van der Waals surface area contributed by atoms with E-state index in [-0.39, 0.29) is 11.7 Å². The Hall–Kier alpha value is -4.15. The maximum Gasteiger partial charge on any atom is 0.246 e. The highest BCUT2D eigenvalue weighted by molar-refractivity contribution is 7.19. The van der Waals surface area contributed by atoms with Crippen molar-refractivity contribution >= 4 is 49.9 Å². The predicted molar refractivity (Wildman–Crippen MR) is 164 cm³/mol.